The van der Waals surface area contributed by atoms with Gasteiger partial charge >= 0.3 is 0 Å². The lowest BCUT2D eigenvalue weighted by molar-refractivity contribution is -0.171. The first-order valence-corrected chi connectivity index (χ1v) is 10.7. The van der Waals surface area contributed by atoms with Gasteiger partial charge < -0.3 is 15.4 Å². The van der Waals surface area contributed by atoms with E-state index in [0.29, 0.717) is 29.5 Å². The minimum atomic E-state index is 0. The minimum absolute atomic E-state index is 0. The largest absolute Gasteiger partial charge is 0.377 e. The van der Waals surface area contributed by atoms with Gasteiger partial charge in [-0.15, -0.1) is 24.0 Å². The maximum absolute atomic E-state index is 6.03. The number of aliphatic imine (C=N–C) groups is 1. The quantitative estimate of drug-likeness (QED) is 0.381. The van der Waals surface area contributed by atoms with Gasteiger partial charge in [-0.2, -0.15) is 11.8 Å². The van der Waals surface area contributed by atoms with Crippen molar-refractivity contribution in [3.63, 3.8) is 0 Å². The number of halogens is 1. The molecule has 2 N–H and O–H groups in total. The predicted octanol–water partition coefficient (Wildman–Crippen LogP) is 3.40. The molecule has 4 fully saturated rings. The summed E-state index contributed by atoms with van der Waals surface area (Å²) >= 11 is 2.02. The summed E-state index contributed by atoms with van der Waals surface area (Å²) in [6.07, 6.45) is 13.3. The number of rotatable bonds is 3. The molecule has 4 aliphatic rings. The van der Waals surface area contributed by atoms with Crippen molar-refractivity contribution >= 4 is 41.7 Å². The number of nitrogens with one attached hydrogen (secondary N) is 2. The highest BCUT2D eigenvalue weighted by molar-refractivity contribution is 14.0. The van der Waals surface area contributed by atoms with E-state index in [4.69, 9.17) is 4.74 Å². The zero-order valence-electron chi connectivity index (χ0n) is 14.9. The van der Waals surface area contributed by atoms with E-state index in [1.165, 1.54) is 51.4 Å². The molecule has 1 aliphatic heterocycles. The molecular weight excluding hydrogens is 433 g/mol. The van der Waals surface area contributed by atoms with Crippen LogP contribution in [0.5, 0.6) is 0 Å². The highest BCUT2D eigenvalue weighted by Crippen LogP contribution is 2.62. The number of guanidine groups is 1. The topological polar surface area (TPSA) is 45.7 Å². The van der Waals surface area contributed by atoms with Gasteiger partial charge in [-0.1, -0.05) is 12.8 Å². The van der Waals surface area contributed by atoms with Crippen LogP contribution in [0.15, 0.2) is 4.99 Å². The maximum atomic E-state index is 6.03. The minimum Gasteiger partial charge on any atom is -0.377 e. The fraction of sp³-hybridized carbons (Fsp3) is 0.944. The molecule has 0 aromatic rings. The normalized spacial score (nSPS) is 40.1. The van der Waals surface area contributed by atoms with E-state index >= 15 is 0 Å². The average Bonchev–Trinajstić information content (AvgIpc) is 2.95. The molecule has 3 saturated carbocycles. The highest BCUT2D eigenvalue weighted by atomic mass is 127. The Morgan fingerprint density at radius 1 is 1.17 bits per heavy atom. The summed E-state index contributed by atoms with van der Waals surface area (Å²) in [5, 5.41) is 8.33. The van der Waals surface area contributed by atoms with Crippen molar-refractivity contribution < 1.29 is 4.74 Å². The zero-order chi connectivity index (χ0) is 15.9. The SMILES string of the molecule is CN=C(NC1CCCC(SC)C1)NC1C2CCOC2C12CCC2.I. The fourth-order valence-electron chi connectivity index (χ4n) is 5.46. The predicted molar refractivity (Wildman–Crippen MR) is 113 cm³/mol. The van der Waals surface area contributed by atoms with Gasteiger partial charge in [-0.3, -0.25) is 4.99 Å². The van der Waals surface area contributed by atoms with E-state index in [1.807, 2.05) is 18.8 Å². The second-order valence-corrected chi connectivity index (χ2v) is 9.03. The molecule has 4 rings (SSSR count). The summed E-state index contributed by atoms with van der Waals surface area (Å²) in [7, 11) is 1.92. The van der Waals surface area contributed by atoms with Gasteiger partial charge in [-0.25, -0.2) is 0 Å². The van der Waals surface area contributed by atoms with Crippen LogP contribution >= 0.6 is 35.7 Å². The van der Waals surface area contributed by atoms with Crippen LogP contribution in [0.4, 0.5) is 0 Å². The standard InChI is InChI=1S/C18H31N3OS.HI/c1-19-17(20-12-5-3-6-13(11-12)23-2)21-15-14-7-10-22-16(14)18(15)8-4-9-18;/h12-16H,3-11H2,1-2H3,(H2,19,20,21);1H. The Hall–Kier alpha value is 0.310. The van der Waals surface area contributed by atoms with Crippen LogP contribution in [-0.2, 0) is 4.74 Å². The van der Waals surface area contributed by atoms with Gasteiger partial charge in [0.15, 0.2) is 5.96 Å². The first kappa shape index (κ1) is 19.1. The Kier molecular flexibility index (Phi) is 6.29. The number of thioether (sulfide) groups is 1. The summed E-state index contributed by atoms with van der Waals surface area (Å²) in [5.41, 5.74) is 0.424. The van der Waals surface area contributed by atoms with Crippen LogP contribution in [-0.4, -0.2) is 49.3 Å². The van der Waals surface area contributed by atoms with Gasteiger partial charge in [-0.05, 0) is 44.8 Å². The van der Waals surface area contributed by atoms with Gasteiger partial charge in [0.2, 0.25) is 0 Å². The molecule has 138 valence electrons. The molecule has 4 nitrogen and oxygen atoms in total. The molecule has 6 heteroatoms. The van der Waals surface area contributed by atoms with Gasteiger partial charge in [0.1, 0.15) is 0 Å². The molecule has 1 spiro atoms. The monoisotopic (exact) mass is 465 g/mol. The lowest BCUT2D eigenvalue weighted by Gasteiger charge is -2.63. The lowest BCUT2D eigenvalue weighted by Crippen LogP contribution is -2.72. The van der Waals surface area contributed by atoms with E-state index in [0.717, 1.165) is 17.8 Å². The number of hydrogen-bond donors (Lipinski definition) is 2. The molecule has 24 heavy (non-hydrogen) atoms. The Balaban J connectivity index is 0.00000169. The van der Waals surface area contributed by atoms with Gasteiger partial charge in [0.05, 0.1) is 6.10 Å². The molecule has 1 saturated heterocycles. The van der Waals surface area contributed by atoms with Crippen LogP contribution < -0.4 is 10.6 Å². The van der Waals surface area contributed by atoms with Crippen molar-refractivity contribution in [2.75, 3.05) is 19.9 Å². The first-order valence-electron chi connectivity index (χ1n) is 9.41. The van der Waals surface area contributed by atoms with Crippen molar-refractivity contribution in [2.24, 2.45) is 16.3 Å². The number of hydrogen-bond acceptors (Lipinski definition) is 3. The Morgan fingerprint density at radius 3 is 2.67 bits per heavy atom. The fourth-order valence-corrected chi connectivity index (χ4v) is 6.28. The number of fused-ring (bicyclic) bond motifs is 2. The first-order chi connectivity index (χ1) is 11.3. The van der Waals surface area contributed by atoms with Gasteiger partial charge in [0, 0.05) is 42.3 Å². The smallest absolute Gasteiger partial charge is 0.191 e. The Labute approximate surface area is 167 Å². The van der Waals surface area contributed by atoms with Crippen molar-refractivity contribution in [1.82, 2.24) is 10.6 Å². The molecule has 5 unspecified atom stereocenters. The molecule has 0 amide bonds. The Morgan fingerprint density at radius 2 is 2.00 bits per heavy atom. The van der Waals surface area contributed by atoms with Crippen molar-refractivity contribution in [2.45, 2.75) is 74.8 Å². The van der Waals surface area contributed by atoms with Gasteiger partial charge in [0.25, 0.3) is 0 Å². The molecule has 1 heterocycles. The third-order valence-corrected chi connectivity index (χ3v) is 7.95. The average molecular weight is 465 g/mol. The Bertz CT molecular complexity index is 471. The third kappa shape index (κ3) is 3.20. The highest BCUT2D eigenvalue weighted by Gasteiger charge is 2.66. The van der Waals surface area contributed by atoms with Crippen LogP contribution in [0, 0.1) is 11.3 Å². The van der Waals surface area contributed by atoms with Crippen LogP contribution in [0.25, 0.3) is 0 Å². The molecule has 0 radical (unpaired) electrons. The molecule has 3 aliphatic carbocycles. The molecule has 0 bridgehead atoms. The van der Waals surface area contributed by atoms with Crippen molar-refractivity contribution in [3.05, 3.63) is 0 Å². The van der Waals surface area contributed by atoms with Crippen LogP contribution in [0.3, 0.4) is 0 Å². The second-order valence-electron chi connectivity index (χ2n) is 7.89. The zero-order valence-corrected chi connectivity index (χ0v) is 18.1. The van der Waals surface area contributed by atoms with E-state index in [2.05, 4.69) is 21.9 Å². The third-order valence-electron chi connectivity index (χ3n) is 6.85. The van der Waals surface area contributed by atoms with E-state index in [-0.39, 0.29) is 24.0 Å². The second kappa shape index (κ2) is 7.91. The summed E-state index contributed by atoms with van der Waals surface area (Å²) in [6, 6.07) is 1.16. The van der Waals surface area contributed by atoms with E-state index in [9.17, 15) is 0 Å². The van der Waals surface area contributed by atoms with E-state index in [1.54, 1.807) is 0 Å². The molecule has 5 atom stereocenters. The van der Waals surface area contributed by atoms with Crippen LogP contribution in [0.2, 0.25) is 0 Å². The molecule has 0 aromatic carbocycles. The van der Waals surface area contributed by atoms with Crippen molar-refractivity contribution in [3.8, 4) is 0 Å². The van der Waals surface area contributed by atoms with E-state index < -0.39 is 0 Å². The number of nitrogens with zero attached hydrogens (tertiary/aromatic N) is 1. The summed E-state index contributed by atoms with van der Waals surface area (Å²) in [4.78, 5) is 4.54. The van der Waals surface area contributed by atoms with Crippen LogP contribution in [0.1, 0.15) is 51.4 Å². The maximum Gasteiger partial charge on any atom is 0.191 e. The molecule has 0 aromatic heterocycles. The summed E-state index contributed by atoms with van der Waals surface area (Å²) in [5.74, 6) is 1.73. The summed E-state index contributed by atoms with van der Waals surface area (Å²) in [6.45, 7) is 0.958. The summed E-state index contributed by atoms with van der Waals surface area (Å²) < 4.78 is 6.03. The number of ether oxygens (including phenoxy) is 1. The lowest BCUT2D eigenvalue weighted by atomic mass is 9.46. The van der Waals surface area contributed by atoms with Crippen molar-refractivity contribution in [1.29, 1.82) is 0 Å². The molecular formula is C18H32IN3OS.